The Morgan fingerprint density at radius 1 is 1.64 bits per heavy atom. The Bertz CT molecular complexity index is 128. The third-order valence-electron chi connectivity index (χ3n) is 1.62. The van der Waals surface area contributed by atoms with Crippen LogP contribution < -0.4 is 22.1 Å². The Morgan fingerprint density at radius 3 is 2.64 bits per heavy atom. The maximum atomic E-state index is 10.8. The van der Waals surface area contributed by atoms with E-state index in [0.29, 0.717) is 0 Å². The van der Waals surface area contributed by atoms with Crippen molar-refractivity contribution < 1.29 is 46.3 Å². The first-order chi connectivity index (χ1) is 4.34. The van der Waals surface area contributed by atoms with Gasteiger partial charge >= 0.3 is 19.5 Å². The maximum absolute atomic E-state index is 10.8. The van der Waals surface area contributed by atoms with Gasteiger partial charge < -0.3 is 26.8 Å². The molecule has 0 bridgehead atoms. The van der Waals surface area contributed by atoms with Crippen LogP contribution in [0, 0.1) is 0 Å². The molecule has 0 aromatic carbocycles. The van der Waals surface area contributed by atoms with Crippen molar-refractivity contribution in [2.45, 2.75) is 25.4 Å². The number of hydrogen-bond acceptors (Lipinski definition) is 2. The fourth-order valence-electron chi connectivity index (χ4n) is 1.06. The topological polar surface area (TPSA) is 32.3 Å². The van der Waals surface area contributed by atoms with Crippen LogP contribution in [0.15, 0.2) is 11.8 Å². The molecular formula is C7H11BrO2Zn. The summed E-state index contributed by atoms with van der Waals surface area (Å²) in [6.07, 6.45) is 4.49. The van der Waals surface area contributed by atoms with Gasteiger partial charge in [0.25, 0.3) is 0 Å². The molecule has 0 amide bonds. The summed E-state index contributed by atoms with van der Waals surface area (Å²) in [5, 5.41) is 10.8. The predicted molar refractivity (Wildman–Crippen MR) is 32.7 cm³/mol. The Morgan fingerprint density at radius 2 is 2.27 bits per heavy atom. The minimum atomic E-state index is -0.140. The van der Waals surface area contributed by atoms with Gasteiger partial charge in [-0.3, -0.25) is 0 Å². The van der Waals surface area contributed by atoms with Gasteiger partial charge in [0.15, 0.2) is 0 Å². The summed E-state index contributed by atoms with van der Waals surface area (Å²) < 4.78 is 4.92. The summed E-state index contributed by atoms with van der Waals surface area (Å²) in [5.74, 6) is 0.156. The number of hydrogen-bond donors (Lipinski definition) is 0. The van der Waals surface area contributed by atoms with E-state index in [9.17, 15) is 5.11 Å². The molecule has 1 rings (SSSR count). The summed E-state index contributed by atoms with van der Waals surface area (Å²) in [6, 6.07) is 0. The normalized spacial score (nSPS) is 22.6. The van der Waals surface area contributed by atoms with Crippen molar-refractivity contribution >= 4 is 0 Å². The zero-order chi connectivity index (χ0) is 6.69. The average molecular weight is 272 g/mol. The maximum Gasteiger partial charge on any atom is 2.00 e. The van der Waals surface area contributed by atoms with Crippen LogP contribution in [-0.4, -0.2) is 13.2 Å². The summed E-state index contributed by atoms with van der Waals surface area (Å²) in [6.45, 7) is 0. The van der Waals surface area contributed by atoms with Crippen molar-refractivity contribution in [2.75, 3.05) is 7.11 Å². The molecule has 1 unspecified atom stereocenters. The largest absolute Gasteiger partial charge is 2.00 e. The van der Waals surface area contributed by atoms with Gasteiger partial charge in [0.1, 0.15) is 0 Å². The van der Waals surface area contributed by atoms with Crippen molar-refractivity contribution in [3.8, 4) is 0 Å². The molecule has 0 saturated carbocycles. The minimum absolute atomic E-state index is 0. The monoisotopic (exact) mass is 270 g/mol. The van der Waals surface area contributed by atoms with Crippen LogP contribution in [0.1, 0.15) is 19.3 Å². The van der Waals surface area contributed by atoms with Crippen LogP contribution in [0.25, 0.3) is 0 Å². The zero-order valence-electron chi connectivity index (χ0n) is 6.68. The molecule has 0 heterocycles. The smallest absolute Gasteiger partial charge is 1.00 e. The van der Waals surface area contributed by atoms with E-state index in [4.69, 9.17) is 4.74 Å². The number of allylic oxidation sites excluding steroid dienone is 1. The average Bonchev–Trinajstić information content (AvgIpc) is 1.89. The SMILES string of the molecule is COC1CCCC=C1[O-].[Br-].[Zn+2]. The molecule has 0 radical (unpaired) electrons. The summed E-state index contributed by atoms with van der Waals surface area (Å²) in [4.78, 5) is 0. The number of ether oxygens (including phenoxy) is 1. The van der Waals surface area contributed by atoms with Crippen molar-refractivity contribution in [3.63, 3.8) is 0 Å². The van der Waals surface area contributed by atoms with Crippen molar-refractivity contribution in [1.82, 2.24) is 0 Å². The van der Waals surface area contributed by atoms with Crippen LogP contribution in [-0.2, 0) is 24.2 Å². The first kappa shape index (κ1) is 14.1. The number of halogens is 1. The molecule has 0 spiro atoms. The minimum Gasteiger partial charge on any atom is -1.00 e. The quantitative estimate of drug-likeness (QED) is 0.492. The van der Waals surface area contributed by atoms with E-state index in [1.165, 1.54) is 0 Å². The second kappa shape index (κ2) is 7.26. The van der Waals surface area contributed by atoms with Gasteiger partial charge in [0, 0.05) is 7.11 Å². The first-order valence-corrected chi connectivity index (χ1v) is 3.24. The van der Waals surface area contributed by atoms with Crippen LogP contribution >= 0.6 is 0 Å². The molecular weight excluding hydrogens is 261 g/mol. The van der Waals surface area contributed by atoms with E-state index < -0.39 is 0 Å². The molecule has 0 N–H and O–H groups in total. The summed E-state index contributed by atoms with van der Waals surface area (Å²) >= 11 is 0. The van der Waals surface area contributed by atoms with E-state index in [1.807, 2.05) is 0 Å². The third kappa shape index (κ3) is 4.24. The summed E-state index contributed by atoms with van der Waals surface area (Å²) in [7, 11) is 1.59. The number of rotatable bonds is 1. The number of methoxy groups -OCH3 is 1. The molecule has 60 valence electrons. The van der Waals surface area contributed by atoms with Crippen LogP contribution in [0.5, 0.6) is 0 Å². The van der Waals surface area contributed by atoms with Gasteiger partial charge in [-0.1, -0.05) is 6.08 Å². The molecule has 1 aliphatic rings. The predicted octanol–water partition coefficient (Wildman–Crippen LogP) is -2.57. The third-order valence-corrected chi connectivity index (χ3v) is 1.62. The van der Waals surface area contributed by atoms with E-state index in [1.54, 1.807) is 13.2 Å². The first-order valence-electron chi connectivity index (χ1n) is 3.24. The molecule has 1 aliphatic carbocycles. The Kier molecular flexibility index (Phi) is 9.34. The van der Waals surface area contributed by atoms with Crippen molar-refractivity contribution in [3.05, 3.63) is 11.8 Å². The molecule has 0 aromatic rings. The molecule has 4 heteroatoms. The molecule has 0 aromatic heterocycles. The van der Waals surface area contributed by atoms with Crippen molar-refractivity contribution in [1.29, 1.82) is 0 Å². The second-order valence-electron chi connectivity index (χ2n) is 2.26. The van der Waals surface area contributed by atoms with E-state index >= 15 is 0 Å². The van der Waals surface area contributed by atoms with Crippen LogP contribution in [0.3, 0.4) is 0 Å². The van der Waals surface area contributed by atoms with Gasteiger partial charge in [-0.2, -0.15) is 0 Å². The Labute approximate surface area is 90.5 Å². The Balaban J connectivity index is 0. The second-order valence-corrected chi connectivity index (χ2v) is 2.26. The van der Waals surface area contributed by atoms with Crippen LogP contribution in [0.4, 0.5) is 0 Å². The fraction of sp³-hybridized carbons (Fsp3) is 0.714. The molecule has 0 fully saturated rings. The van der Waals surface area contributed by atoms with Gasteiger partial charge in [0.2, 0.25) is 0 Å². The summed E-state index contributed by atoms with van der Waals surface area (Å²) in [5.41, 5.74) is 0. The molecule has 0 aliphatic heterocycles. The fourth-order valence-corrected chi connectivity index (χ4v) is 1.06. The molecule has 2 nitrogen and oxygen atoms in total. The van der Waals surface area contributed by atoms with Gasteiger partial charge in [-0.25, -0.2) is 0 Å². The molecule has 1 atom stereocenters. The molecule has 11 heavy (non-hydrogen) atoms. The molecule has 0 saturated heterocycles. The van der Waals surface area contributed by atoms with Crippen molar-refractivity contribution in [2.24, 2.45) is 0 Å². The van der Waals surface area contributed by atoms with Gasteiger partial charge in [-0.15, -0.1) is 5.76 Å². The standard InChI is InChI=1S/C7H12O2.BrH.Zn/c1-9-7-5-3-2-4-6(7)8;;/h4,7-8H,2-3,5H2,1H3;1H;/q;;+2/p-2. The van der Waals surface area contributed by atoms with Gasteiger partial charge in [0.05, 0.1) is 6.10 Å². The van der Waals surface area contributed by atoms with Gasteiger partial charge in [-0.05, 0) is 19.3 Å². The van der Waals surface area contributed by atoms with E-state index in [2.05, 4.69) is 0 Å². The zero-order valence-corrected chi connectivity index (χ0v) is 11.2. The van der Waals surface area contributed by atoms with E-state index in [0.717, 1.165) is 19.3 Å². The van der Waals surface area contributed by atoms with E-state index in [-0.39, 0.29) is 48.3 Å². The van der Waals surface area contributed by atoms with Crippen LogP contribution in [0.2, 0.25) is 0 Å². The Hall–Kier alpha value is 0.603.